The standard InChI is InChI=1S/C23H24F3NO3/c1-15-8-9-19(23(24,25)26)12-18(15)10-16(2)22(29)27-20(13-30-14-21(27)28)11-17-6-4-3-5-7-17/h3-9,12,16,20H,10-11,13-14H2,1-2H3. The lowest BCUT2D eigenvalue weighted by Crippen LogP contribution is -2.55. The molecule has 2 aromatic rings. The molecule has 1 aliphatic heterocycles. The van der Waals surface area contributed by atoms with Gasteiger partial charge in [-0.25, -0.2) is 0 Å². The number of aryl methyl sites for hydroxylation is 1. The van der Waals surface area contributed by atoms with Crippen molar-refractivity contribution in [3.8, 4) is 0 Å². The SMILES string of the molecule is Cc1ccc(C(F)(F)F)cc1CC(C)C(=O)N1C(=O)COCC1Cc1ccccc1. The molecule has 0 N–H and O–H groups in total. The van der Waals surface area contributed by atoms with E-state index in [1.807, 2.05) is 30.3 Å². The van der Waals surface area contributed by atoms with Gasteiger partial charge in [0, 0.05) is 5.92 Å². The summed E-state index contributed by atoms with van der Waals surface area (Å²) >= 11 is 0. The molecule has 30 heavy (non-hydrogen) atoms. The van der Waals surface area contributed by atoms with Crippen LogP contribution in [0, 0.1) is 12.8 Å². The quantitative estimate of drug-likeness (QED) is 0.730. The number of carbonyl (C=O) groups is 2. The summed E-state index contributed by atoms with van der Waals surface area (Å²) in [5.41, 5.74) is 1.36. The van der Waals surface area contributed by atoms with Gasteiger partial charge in [0.1, 0.15) is 6.61 Å². The zero-order chi connectivity index (χ0) is 21.9. The minimum Gasteiger partial charge on any atom is -0.369 e. The molecule has 2 atom stereocenters. The van der Waals surface area contributed by atoms with Gasteiger partial charge in [-0.05, 0) is 48.6 Å². The fraction of sp³-hybridized carbons (Fsp3) is 0.391. The normalized spacial score (nSPS) is 18.4. The number of hydrogen-bond donors (Lipinski definition) is 0. The van der Waals surface area contributed by atoms with Crippen LogP contribution >= 0.6 is 0 Å². The van der Waals surface area contributed by atoms with E-state index in [1.165, 1.54) is 11.0 Å². The third kappa shape index (κ3) is 5.08. The van der Waals surface area contributed by atoms with Gasteiger partial charge in [0.05, 0.1) is 18.2 Å². The van der Waals surface area contributed by atoms with E-state index in [-0.39, 0.29) is 25.5 Å². The van der Waals surface area contributed by atoms with E-state index < -0.39 is 29.6 Å². The van der Waals surface area contributed by atoms with Crippen molar-refractivity contribution in [3.63, 3.8) is 0 Å². The number of nitrogens with zero attached hydrogens (tertiary/aromatic N) is 1. The Morgan fingerprint density at radius 1 is 1.20 bits per heavy atom. The van der Waals surface area contributed by atoms with E-state index >= 15 is 0 Å². The first-order valence-corrected chi connectivity index (χ1v) is 9.81. The molecule has 0 radical (unpaired) electrons. The fourth-order valence-electron chi connectivity index (χ4n) is 3.69. The largest absolute Gasteiger partial charge is 0.416 e. The molecule has 4 nitrogen and oxygen atoms in total. The van der Waals surface area contributed by atoms with Gasteiger partial charge in [-0.15, -0.1) is 0 Å². The number of carbonyl (C=O) groups excluding carboxylic acids is 2. The van der Waals surface area contributed by atoms with Crippen LogP contribution in [0.3, 0.4) is 0 Å². The molecular formula is C23H24F3NO3. The van der Waals surface area contributed by atoms with Crippen LogP contribution < -0.4 is 0 Å². The molecule has 0 spiro atoms. The van der Waals surface area contributed by atoms with Crippen LogP contribution in [0.15, 0.2) is 48.5 Å². The Kier molecular flexibility index (Phi) is 6.61. The van der Waals surface area contributed by atoms with Crippen LogP contribution in [0.2, 0.25) is 0 Å². The molecule has 3 rings (SSSR count). The zero-order valence-corrected chi connectivity index (χ0v) is 16.9. The molecule has 160 valence electrons. The van der Waals surface area contributed by atoms with Gasteiger partial charge in [-0.2, -0.15) is 13.2 Å². The third-order valence-electron chi connectivity index (χ3n) is 5.35. The molecule has 2 aromatic carbocycles. The highest BCUT2D eigenvalue weighted by Crippen LogP contribution is 2.31. The first-order valence-electron chi connectivity index (χ1n) is 9.81. The number of halogens is 3. The van der Waals surface area contributed by atoms with E-state index in [9.17, 15) is 22.8 Å². The maximum atomic E-state index is 13.1. The van der Waals surface area contributed by atoms with Crippen LogP contribution in [-0.2, 0) is 33.3 Å². The van der Waals surface area contributed by atoms with Gasteiger partial charge in [-0.1, -0.05) is 43.3 Å². The van der Waals surface area contributed by atoms with Crippen LogP contribution in [0.1, 0.15) is 29.2 Å². The van der Waals surface area contributed by atoms with Gasteiger partial charge in [0.2, 0.25) is 5.91 Å². The van der Waals surface area contributed by atoms with E-state index in [0.29, 0.717) is 17.5 Å². The highest BCUT2D eigenvalue weighted by atomic mass is 19.4. The number of imide groups is 1. The van der Waals surface area contributed by atoms with Crippen molar-refractivity contribution in [1.82, 2.24) is 4.90 Å². The van der Waals surface area contributed by atoms with Gasteiger partial charge in [-0.3, -0.25) is 14.5 Å². The summed E-state index contributed by atoms with van der Waals surface area (Å²) in [4.78, 5) is 26.9. The highest BCUT2D eigenvalue weighted by molar-refractivity contribution is 5.97. The second-order valence-corrected chi connectivity index (χ2v) is 7.70. The summed E-state index contributed by atoms with van der Waals surface area (Å²) < 4.78 is 44.5. The lowest BCUT2D eigenvalue weighted by Gasteiger charge is -2.35. The minimum atomic E-state index is -4.45. The third-order valence-corrected chi connectivity index (χ3v) is 5.35. The van der Waals surface area contributed by atoms with E-state index in [0.717, 1.165) is 17.7 Å². The average molecular weight is 419 g/mol. The number of alkyl halides is 3. The number of amides is 2. The van der Waals surface area contributed by atoms with Gasteiger partial charge < -0.3 is 4.74 Å². The minimum absolute atomic E-state index is 0.122. The van der Waals surface area contributed by atoms with Crippen LogP contribution in [-0.4, -0.2) is 36.0 Å². The van der Waals surface area contributed by atoms with Crippen molar-refractivity contribution >= 4 is 11.8 Å². The lowest BCUT2D eigenvalue weighted by molar-refractivity contribution is -0.161. The predicted octanol–water partition coefficient (Wildman–Crippen LogP) is 4.19. The van der Waals surface area contributed by atoms with Crippen molar-refractivity contribution in [1.29, 1.82) is 0 Å². The summed E-state index contributed by atoms with van der Waals surface area (Å²) in [6.07, 6.45) is -3.86. The van der Waals surface area contributed by atoms with Gasteiger partial charge in [0.15, 0.2) is 0 Å². The number of ether oxygens (including phenoxy) is 1. The molecule has 0 bridgehead atoms. The Morgan fingerprint density at radius 3 is 2.57 bits per heavy atom. The summed E-state index contributed by atoms with van der Waals surface area (Å²) in [5, 5.41) is 0. The van der Waals surface area contributed by atoms with Gasteiger partial charge >= 0.3 is 6.18 Å². The Balaban J connectivity index is 1.78. The second kappa shape index (κ2) is 9.00. The van der Waals surface area contributed by atoms with E-state index in [2.05, 4.69) is 0 Å². The van der Waals surface area contributed by atoms with Gasteiger partial charge in [0.25, 0.3) is 5.91 Å². The van der Waals surface area contributed by atoms with Crippen molar-refractivity contribution in [2.75, 3.05) is 13.2 Å². The first-order chi connectivity index (χ1) is 14.2. The Labute approximate surface area is 173 Å². The molecular weight excluding hydrogens is 395 g/mol. The maximum absolute atomic E-state index is 13.1. The molecule has 0 aliphatic carbocycles. The molecule has 1 aliphatic rings. The summed E-state index contributed by atoms with van der Waals surface area (Å²) in [5.74, 6) is -1.45. The molecule has 0 saturated carbocycles. The molecule has 0 aromatic heterocycles. The lowest BCUT2D eigenvalue weighted by atomic mass is 9.93. The topological polar surface area (TPSA) is 46.6 Å². The average Bonchev–Trinajstić information content (AvgIpc) is 2.69. The maximum Gasteiger partial charge on any atom is 0.416 e. The number of rotatable bonds is 5. The molecule has 1 heterocycles. The molecule has 1 fully saturated rings. The van der Waals surface area contributed by atoms with Crippen LogP contribution in [0.25, 0.3) is 0 Å². The molecule has 2 unspecified atom stereocenters. The Bertz CT molecular complexity index is 912. The number of benzene rings is 2. The predicted molar refractivity (Wildman–Crippen MR) is 106 cm³/mol. The van der Waals surface area contributed by atoms with Crippen molar-refractivity contribution < 1.29 is 27.5 Å². The highest BCUT2D eigenvalue weighted by Gasteiger charge is 2.36. The first kappa shape index (κ1) is 22.0. The van der Waals surface area contributed by atoms with E-state index in [1.54, 1.807) is 13.8 Å². The van der Waals surface area contributed by atoms with Crippen molar-refractivity contribution in [2.45, 2.75) is 38.9 Å². The van der Waals surface area contributed by atoms with Crippen molar-refractivity contribution in [2.24, 2.45) is 5.92 Å². The van der Waals surface area contributed by atoms with Crippen LogP contribution in [0.4, 0.5) is 13.2 Å². The summed E-state index contributed by atoms with van der Waals surface area (Å²) in [6, 6.07) is 12.6. The zero-order valence-electron chi connectivity index (χ0n) is 16.9. The number of hydrogen-bond acceptors (Lipinski definition) is 3. The number of morpholine rings is 1. The monoisotopic (exact) mass is 419 g/mol. The Hall–Kier alpha value is -2.67. The smallest absolute Gasteiger partial charge is 0.369 e. The molecule has 1 saturated heterocycles. The van der Waals surface area contributed by atoms with E-state index in [4.69, 9.17) is 4.74 Å². The van der Waals surface area contributed by atoms with Crippen molar-refractivity contribution in [3.05, 3.63) is 70.8 Å². The molecule has 7 heteroatoms. The second-order valence-electron chi connectivity index (χ2n) is 7.70. The fourth-order valence-corrected chi connectivity index (χ4v) is 3.69. The summed E-state index contributed by atoms with van der Waals surface area (Å²) in [6.45, 7) is 3.42. The van der Waals surface area contributed by atoms with Crippen LogP contribution in [0.5, 0.6) is 0 Å². The summed E-state index contributed by atoms with van der Waals surface area (Å²) in [7, 11) is 0. The Morgan fingerprint density at radius 2 is 1.90 bits per heavy atom. The molecule has 2 amide bonds.